The zero-order valence-electron chi connectivity index (χ0n) is 11.5. The Morgan fingerprint density at radius 1 is 1.24 bits per heavy atom. The molecule has 2 aliphatic heterocycles. The second-order valence-electron chi connectivity index (χ2n) is 5.81. The molecule has 3 heteroatoms. The molecule has 0 aliphatic carbocycles. The summed E-state index contributed by atoms with van der Waals surface area (Å²) < 4.78 is 5.52. The van der Waals surface area contributed by atoms with E-state index in [2.05, 4.69) is 24.2 Å². The van der Waals surface area contributed by atoms with Gasteiger partial charge in [0, 0.05) is 25.8 Å². The fourth-order valence-electron chi connectivity index (χ4n) is 3.28. The molecule has 2 fully saturated rings. The molecule has 0 radical (unpaired) electrons. The van der Waals surface area contributed by atoms with Crippen LogP contribution in [0.3, 0.4) is 0 Å². The zero-order chi connectivity index (χ0) is 12.1. The molecule has 0 aromatic heterocycles. The van der Waals surface area contributed by atoms with Gasteiger partial charge in [0.1, 0.15) is 0 Å². The van der Waals surface area contributed by atoms with Crippen LogP contribution in [-0.4, -0.2) is 50.8 Å². The Balaban J connectivity index is 1.82. The van der Waals surface area contributed by atoms with Gasteiger partial charge in [0.15, 0.2) is 0 Å². The van der Waals surface area contributed by atoms with Crippen LogP contribution in [0.15, 0.2) is 0 Å². The molecule has 2 rings (SSSR count). The molecule has 2 aliphatic rings. The van der Waals surface area contributed by atoms with Gasteiger partial charge in [-0.15, -0.1) is 0 Å². The van der Waals surface area contributed by atoms with Crippen LogP contribution in [0.2, 0.25) is 0 Å². The minimum absolute atomic E-state index is 0.546. The monoisotopic (exact) mass is 240 g/mol. The summed E-state index contributed by atoms with van der Waals surface area (Å²) in [5.74, 6) is 0. The lowest BCUT2D eigenvalue weighted by Crippen LogP contribution is -2.47. The number of hydrogen-bond acceptors (Lipinski definition) is 3. The molecule has 100 valence electrons. The average Bonchev–Trinajstić information content (AvgIpc) is 2.41. The molecule has 3 nitrogen and oxygen atoms in total. The fraction of sp³-hybridized carbons (Fsp3) is 1.00. The molecule has 1 N–H and O–H groups in total. The van der Waals surface area contributed by atoms with Gasteiger partial charge in [-0.05, 0) is 57.7 Å². The van der Waals surface area contributed by atoms with Crippen LogP contribution >= 0.6 is 0 Å². The summed E-state index contributed by atoms with van der Waals surface area (Å²) in [7, 11) is 2.09. The first kappa shape index (κ1) is 13.3. The molecule has 2 heterocycles. The Labute approximate surface area is 106 Å². The highest BCUT2D eigenvalue weighted by Gasteiger charge is 2.33. The van der Waals surface area contributed by atoms with E-state index in [0.717, 1.165) is 19.3 Å². The first-order valence-electron chi connectivity index (χ1n) is 7.25. The van der Waals surface area contributed by atoms with Crippen molar-refractivity contribution >= 4 is 0 Å². The number of nitrogens with one attached hydrogen (secondary N) is 1. The molecular weight excluding hydrogens is 212 g/mol. The van der Waals surface area contributed by atoms with Crippen LogP contribution < -0.4 is 5.32 Å². The molecule has 0 saturated carbocycles. The molecule has 0 atom stereocenters. The summed E-state index contributed by atoms with van der Waals surface area (Å²) in [6, 6.07) is 0.749. The molecule has 0 aromatic carbocycles. The van der Waals surface area contributed by atoms with E-state index >= 15 is 0 Å². The SMILES string of the molecule is CCC1(CN2CCC(NC)CC2)CCOCC1. The average molecular weight is 240 g/mol. The van der Waals surface area contributed by atoms with E-state index in [0.29, 0.717) is 5.41 Å². The maximum Gasteiger partial charge on any atom is 0.0471 e. The maximum atomic E-state index is 5.52. The topological polar surface area (TPSA) is 24.5 Å². The van der Waals surface area contributed by atoms with E-state index in [1.165, 1.54) is 51.7 Å². The normalized spacial score (nSPS) is 27.2. The van der Waals surface area contributed by atoms with Gasteiger partial charge in [0.2, 0.25) is 0 Å². The standard InChI is InChI=1S/C14H28N2O/c1-3-14(6-10-17-11-7-14)12-16-8-4-13(15-2)5-9-16/h13,15H,3-12H2,1-2H3. The van der Waals surface area contributed by atoms with E-state index < -0.39 is 0 Å². The van der Waals surface area contributed by atoms with Gasteiger partial charge in [0.25, 0.3) is 0 Å². The second-order valence-corrected chi connectivity index (χ2v) is 5.81. The summed E-state index contributed by atoms with van der Waals surface area (Å²) >= 11 is 0. The number of nitrogens with zero attached hydrogens (tertiary/aromatic N) is 1. The van der Waals surface area contributed by atoms with E-state index in [1.54, 1.807) is 0 Å². The van der Waals surface area contributed by atoms with Crippen molar-refractivity contribution < 1.29 is 4.74 Å². The molecule has 0 spiro atoms. The number of likely N-dealkylation sites (tertiary alicyclic amines) is 1. The smallest absolute Gasteiger partial charge is 0.0471 e. The van der Waals surface area contributed by atoms with Gasteiger partial charge in [-0.3, -0.25) is 0 Å². The number of rotatable bonds is 4. The lowest BCUT2D eigenvalue weighted by Gasteiger charge is -2.42. The van der Waals surface area contributed by atoms with E-state index in [1.807, 2.05) is 0 Å². The lowest BCUT2D eigenvalue weighted by molar-refractivity contribution is -0.0109. The predicted octanol–water partition coefficient (Wildman–Crippen LogP) is 1.88. The van der Waals surface area contributed by atoms with Gasteiger partial charge in [-0.25, -0.2) is 0 Å². The van der Waals surface area contributed by atoms with Crippen LogP contribution in [0.25, 0.3) is 0 Å². The van der Waals surface area contributed by atoms with Gasteiger partial charge >= 0.3 is 0 Å². The van der Waals surface area contributed by atoms with Crippen LogP contribution in [0.4, 0.5) is 0 Å². The van der Waals surface area contributed by atoms with Crippen molar-refractivity contribution in [2.45, 2.75) is 45.1 Å². The van der Waals surface area contributed by atoms with Crippen molar-refractivity contribution in [3.05, 3.63) is 0 Å². The molecule has 0 amide bonds. The number of ether oxygens (including phenoxy) is 1. The Kier molecular flexibility index (Phi) is 4.83. The van der Waals surface area contributed by atoms with E-state index in [-0.39, 0.29) is 0 Å². The highest BCUT2D eigenvalue weighted by molar-refractivity contribution is 4.86. The minimum atomic E-state index is 0.546. The molecule has 0 aromatic rings. The lowest BCUT2D eigenvalue weighted by atomic mass is 9.77. The summed E-state index contributed by atoms with van der Waals surface area (Å²) in [4.78, 5) is 2.68. The number of piperidine rings is 1. The quantitative estimate of drug-likeness (QED) is 0.812. The second kappa shape index (κ2) is 6.17. The van der Waals surface area contributed by atoms with Gasteiger partial charge in [-0.2, -0.15) is 0 Å². The summed E-state index contributed by atoms with van der Waals surface area (Å²) in [5, 5.41) is 3.40. The third-order valence-electron chi connectivity index (χ3n) is 4.86. The summed E-state index contributed by atoms with van der Waals surface area (Å²) in [5.41, 5.74) is 0.546. The highest BCUT2D eigenvalue weighted by atomic mass is 16.5. The minimum Gasteiger partial charge on any atom is -0.381 e. The molecule has 17 heavy (non-hydrogen) atoms. The van der Waals surface area contributed by atoms with Gasteiger partial charge < -0.3 is 15.0 Å². The predicted molar refractivity (Wildman–Crippen MR) is 71.3 cm³/mol. The number of hydrogen-bond donors (Lipinski definition) is 1. The van der Waals surface area contributed by atoms with Crippen molar-refractivity contribution in [2.75, 3.05) is 39.9 Å². The Hall–Kier alpha value is -0.120. The zero-order valence-corrected chi connectivity index (χ0v) is 11.5. The third-order valence-corrected chi connectivity index (χ3v) is 4.86. The van der Waals surface area contributed by atoms with Crippen molar-refractivity contribution in [2.24, 2.45) is 5.41 Å². The Morgan fingerprint density at radius 2 is 1.88 bits per heavy atom. The highest BCUT2D eigenvalue weighted by Crippen LogP contribution is 2.35. The van der Waals surface area contributed by atoms with Crippen LogP contribution in [0.5, 0.6) is 0 Å². The van der Waals surface area contributed by atoms with Crippen molar-refractivity contribution in [1.29, 1.82) is 0 Å². The van der Waals surface area contributed by atoms with Crippen molar-refractivity contribution in [1.82, 2.24) is 10.2 Å². The van der Waals surface area contributed by atoms with Gasteiger partial charge in [0.05, 0.1) is 0 Å². The van der Waals surface area contributed by atoms with Crippen LogP contribution in [0, 0.1) is 5.41 Å². The molecule has 2 saturated heterocycles. The third kappa shape index (κ3) is 3.43. The molecular formula is C14H28N2O. The van der Waals surface area contributed by atoms with Crippen LogP contribution in [0.1, 0.15) is 39.0 Å². The Morgan fingerprint density at radius 3 is 2.41 bits per heavy atom. The fourth-order valence-corrected chi connectivity index (χ4v) is 3.28. The maximum absolute atomic E-state index is 5.52. The summed E-state index contributed by atoms with van der Waals surface area (Å²) in [6.07, 6.45) is 6.45. The van der Waals surface area contributed by atoms with Crippen LogP contribution in [-0.2, 0) is 4.74 Å². The van der Waals surface area contributed by atoms with Crippen molar-refractivity contribution in [3.8, 4) is 0 Å². The Bertz CT molecular complexity index is 218. The van der Waals surface area contributed by atoms with Crippen molar-refractivity contribution in [3.63, 3.8) is 0 Å². The van der Waals surface area contributed by atoms with Gasteiger partial charge in [-0.1, -0.05) is 6.92 Å². The molecule has 0 bridgehead atoms. The first-order valence-corrected chi connectivity index (χ1v) is 7.25. The van der Waals surface area contributed by atoms with E-state index in [9.17, 15) is 0 Å². The van der Waals surface area contributed by atoms with E-state index in [4.69, 9.17) is 4.74 Å². The molecule has 0 unspecified atom stereocenters. The first-order chi connectivity index (χ1) is 8.28. The largest absolute Gasteiger partial charge is 0.381 e. The summed E-state index contributed by atoms with van der Waals surface area (Å²) in [6.45, 7) is 8.14.